The molecule has 0 radical (unpaired) electrons. The van der Waals surface area contributed by atoms with Crippen molar-refractivity contribution in [1.82, 2.24) is 4.98 Å². The summed E-state index contributed by atoms with van der Waals surface area (Å²) in [7, 11) is 0. The number of hydrogen-bond acceptors (Lipinski definition) is 2. The van der Waals surface area contributed by atoms with Gasteiger partial charge in [-0.15, -0.1) is 11.3 Å². The third-order valence-electron chi connectivity index (χ3n) is 4.36. The Balaban J connectivity index is 1.62. The summed E-state index contributed by atoms with van der Waals surface area (Å²) in [6.07, 6.45) is 9.47. The van der Waals surface area contributed by atoms with Gasteiger partial charge in [-0.3, -0.25) is 5.41 Å². The molecule has 1 aliphatic carbocycles. The second-order valence-corrected chi connectivity index (χ2v) is 6.86. The lowest BCUT2D eigenvalue weighted by molar-refractivity contribution is 0.742. The van der Waals surface area contributed by atoms with Crippen molar-refractivity contribution >= 4 is 39.3 Å². The van der Waals surface area contributed by atoms with E-state index in [9.17, 15) is 0 Å². The summed E-state index contributed by atoms with van der Waals surface area (Å²) >= 11 is 1.57. The number of amidine groups is 1. The van der Waals surface area contributed by atoms with Gasteiger partial charge >= 0.3 is 0 Å². The highest BCUT2D eigenvalue weighted by Gasteiger charge is 2.12. The first-order valence-corrected chi connectivity index (χ1v) is 8.89. The molecule has 23 heavy (non-hydrogen) atoms. The number of allylic oxidation sites excluding steroid dienone is 2. The molecule has 0 amide bonds. The van der Waals surface area contributed by atoms with Crippen LogP contribution in [0.25, 0.3) is 16.5 Å². The van der Waals surface area contributed by atoms with Crippen molar-refractivity contribution in [2.45, 2.75) is 25.7 Å². The highest BCUT2D eigenvalue weighted by molar-refractivity contribution is 7.12. The van der Waals surface area contributed by atoms with E-state index >= 15 is 0 Å². The first-order chi connectivity index (χ1) is 11.3. The van der Waals surface area contributed by atoms with E-state index in [1.165, 1.54) is 42.2 Å². The highest BCUT2D eigenvalue weighted by Crippen LogP contribution is 2.32. The van der Waals surface area contributed by atoms with E-state index in [4.69, 9.17) is 5.41 Å². The number of aromatic amines is 1. The summed E-state index contributed by atoms with van der Waals surface area (Å²) in [5, 5.41) is 14.6. The Bertz CT molecular complexity index is 871. The maximum atomic E-state index is 8.14. The molecule has 3 N–H and O–H groups in total. The van der Waals surface area contributed by atoms with Gasteiger partial charge in [0.2, 0.25) is 0 Å². The van der Waals surface area contributed by atoms with Crippen LogP contribution in [0.5, 0.6) is 0 Å². The number of thiophene rings is 1. The van der Waals surface area contributed by atoms with Gasteiger partial charge in [0.05, 0.1) is 4.88 Å². The monoisotopic (exact) mass is 321 g/mol. The third-order valence-corrected chi connectivity index (χ3v) is 5.24. The fourth-order valence-corrected chi connectivity index (χ4v) is 3.81. The normalized spacial score (nSPS) is 14.7. The summed E-state index contributed by atoms with van der Waals surface area (Å²) < 4.78 is 0. The zero-order chi connectivity index (χ0) is 15.6. The standard InChI is InChI=1S/C19H19N3S/c20-19(18-7-4-10-23-18)22-14-8-9-15-16(12-21-17(15)11-14)13-5-2-1-3-6-13/h4-5,7-12,21H,1-3,6H2,(H2,20,22). The van der Waals surface area contributed by atoms with Gasteiger partial charge in [0, 0.05) is 28.4 Å². The Morgan fingerprint density at radius 2 is 2.17 bits per heavy atom. The number of hydrogen-bond donors (Lipinski definition) is 3. The average Bonchev–Trinajstić information content (AvgIpc) is 3.25. The Morgan fingerprint density at radius 1 is 1.22 bits per heavy atom. The lowest BCUT2D eigenvalue weighted by Crippen LogP contribution is -2.09. The van der Waals surface area contributed by atoms with Gasteiger partial charge < -0.3 is 10.3 Å². The highest BCUT2D eigenvalue weighted by atomic mass is 32.1. The van der Waals surface area contributed by atoms with E-state index in [2.05, 4.69) is 40.8 Å². The predicted molar refractivity (Wildman–Crippen MR) is 99.5 cm³/mol. The lowest BCUT2D eigenvalue weighted by atomic mass is 9.93. The first-order valence-electron chi connectivity index (χ1n) is 8.01. The molecule has 2 heterocycles. The molecule has 1 aliphatic rings. The number of anilines is 1. The van der Waals surface area contributed by atoms with Crippen LogP contribution in [-0.4, -0.2) is 10.8 Å². The second-order valence-electron chi connectivity index (χ2n) is 5.92. The van der Waals surface area contributed by atoms with E-state index in [0.29, 0.717) is 5.84 Å². The summed E-state index contributed by atoms with van der Waals surface area (Å²) in [4.78, 5) is 4.33. The van der Waals surface area contributed by atoms with Crippen LogP contribution in [0.3, 0.4) is 0 Å². The lowest BCUT2D eigenvalue weighted by Gasteiger charge is -2.12. The van der Waals surface area contributed by atoms with E-state index in [1.807, 2.05) is 17.5 Å². The van der Waals surface area contributed by atoms with E-state index in [1.54, 1.807) is 11.3 Å². The molecule has 3 aromatic rings. The van der Waals surface area contributed by atoms with Gasteiger partial charge in [-0.1, -0.05) is 18.2 Å². The Labute approximate surface area is 139 Å². The molecule has 2 aromatic heterocycles. The Hall–Kier alpha value is -2.33. The smallest absolute Gasteiger partial charge is 0.140 e. The fourth-order valence-electron chi connectivity index (χ4n) is 3.18. The van der Waals surface area contributed by atoms with Crippen molar-refractivity contribution in [1.29, 1.82) is 5.41 Å². The molecule has 0 bridgehead atoms. The zero-order valence-electron chi connectivity index (χ0n) is 12.9. The molecule has 0 saturated carbocycles. The minimum atomic E-state index is 0.445. The second kappa shape index (κ2) is 6.05. The average molecular weight is 321 g/mol. The van der Waals surface area contributed by atoms with Crippen LogP contribution in [-0.2, 0) is 0 Å². The Morgan fingerprint density at radius 3 is 2.96 bits per heavy atom. The van der Waals surface area contributed by atoms with Crippen LogP contribution in [0.1, 0.15) is 36.1 Å². The quantitative estimate of drug-likeness (QED) is 0.425. The van der Waals surface area contributed by atoms with Crippen molar-refractivity contribution in [3.63, 3.8) is 0 Å². The number of rotatable bonds is 3. The largest absolute Gasteiger partial charge is 0.360 e. The summed E-state index contributed by atoms with van der Waals surface area (Å²) in [5.41, 5.74) is 4.87. The van der Waals surface area contributed by atoms with Crippen LogP contribution >= 0.6 is 11.3 Å². The zero-order valence-corrected chi connectivity index (χ0v) is 13.7. The van der Waals surface area contributed by atoms with Crippen LogP contribution in [0.4, 0.5) is 5.69 Å². The van der Waals surface area contributed by atoms with Crippen LogP contribution in [0.2, 0.25) is 0 Å². The number of aromatic nitrogens is 1. The summed E-state index contributed by atoms with van der Waals surface area (Å²) in [6, 6.07) is 10.2. The number of nitrogens with one attached hydrogen (secondary N) is 3. The molecule has 116 valence electrons. The minimum Gasteiger partial charge on any atom is -0.360 e. The fraction of sp³-hybridized carbons (Fsp3) is 0.211. The van der Waals surface area contributed by atoms with Crippen molar-refractivity contribution in [2.24, 2.45) is 0 Å². The van der Waals surface area contributed by atoms with E-state index in [-0.39, 0.29) is 0 Å². The van der Waals surface area contributed by atoms with Gasteiger partial charge in [0.25, 0.3) is 0 Å². The van der Waals surface area contributed by atoms with Gasteiger partial charge in [0.15, 0.2) is 0 Å². The summed E-state index contributed by atoms with van der Waals surface area (Å²) in [5.74, 6) is 0.445. The van der Waals surface area contributed by atoms with Gasteiger partial charge in [-0.05, 0) is 54.8 Å². The molecule has 0 unspecified atom stereocenters. The molecule has 4 rings (SSSR count). The third kappa shape index (κ3) is 2.82. The SMILES string of the molecule is N=C(Nc1ccc2c(C3=CCCCC3)c[nH]c2c1)c1cccs1. The van der Waals surface area contributed by atoms with E-state index in [0.717, 1.165) is 16.1 Å². The van der Waals surface area contributed by atoms with Crippen molar-refractivity contribution in [2.75, 3.05) is 5.32 Å². The van der Waals surface area contributed by atoms with Crippen LogP contribution < -0.4 is 5.32 Å². The molecule has 3 nitrogen and oxygen atoms in total. The molecule has 0 aliphatic heterocycles. The maximum Gasteiger partial charge on any atom is 0.140 e. The van der Waals surface area contributed by atoms with Crippen LogP contribution in [0, 0.1) is 5.41 Å². The van der Waals surface area contributed by atoms with Crippen molar-refractivity contribution in [3.8, 4) is 0 Å². The molecule has 0 saturated heterocycles. The predicted octanol–water partition coefficient (Wildman–Crippen LogP) is 5.62. The van der Waals surface area contributed by atoms with Gasteiger partial charge in [0.1, 0.15) is 5.84 Å². The maximum absolute atomic E-state index is 8.14. The van der Waals surface area contributed by atoms with Gasteiger partial charge in [-0.2, -0.15) is 0 Å². The molecule has 4 heteroatoms. The molecule has 1 aromatic carbocycles. The summed E-state index contributed by atoms with van der Waals surface area (Å²) in [6.45, 7) is 0. The molecule has 0 fully saturated rings. The molecular weight excluding hydrogens is 302 g/mol. The van der Waals surface area contributed by atoms with E-state index < -0.39 is 0 Å². The number of benzene rings is 1. The Kier molecular flexibility index (Phi) is 3.75. The van der Waals surface area contributed by atoms with Crippen molar-refractivity contribution < 1.29 is 0 Å². The minimum absolute atomic E-state index is 0.445. The van der Waals surface area contributed by atoms with Gasteiger partial charge in [-0.25, -0.2) is 0 Å². The first kappa shape index (κ1) is 14.3. The van der Waals surface area contributed by atoms with Crippen LogP contribution in [0.15, 0.2) is 48.0 Å². The van der Waals surface area contributed by atoms with Crippen molar-refractivity contribution in [3.05, 3.63) is 58.4 Å². The topological polar surface area (TPSA) is 51.7 Å². The number of fused-ring (bicyclic) bond motifs is 1. The molecule has 0 atom stereocenters. The molecular formula is C19H19N3S. The molecule has 0 spiro atoms. The number of H-pyrrole nitrogens is 1.